The van der Waals surface area contributed by atoms with Gasteiger partial charge in [-0.25, -0.2) is 0 Å². The fourth-order valence-electron chi connectivity index (χ4n) is 2.27. The lowest BCUT2D eigenvalue weighted by atomic mass is 10.0. The number of halogens is 3. The molecule has 0 aliphatic carbocycles. The highest BCUT2D eigenvalue weighted by molar-refractivity contribution is 9.11. The maximum Gasteiger partial charge on any atom is 0.254 e. The summed E-state index contributed by atoms with van der Waals surface area (Å²) in [6.07, 6.45) is 3.22. The Labute approximate surface area is 129 Å². The first-order chi connectivity index (χ1) is 8.61. The molecule has 2 nitrogen and oxygen atoms in total. The molecule has 0 bridgehead atoms. The number of alkyl halides is 1. The van der Waals surface area contributed by atoms with Crippen LogP contribution in [0.3, 0.4) is 0 Å². The SMILES string of the molecule is O=C(c1cc(Br)cc(Br)c1)N1CCCCC1CCl. The highest BCUT2D eigenvalue weighted by atomic mass is 79.9. The van der Waals surface area contributed by atoms with Crippen molar-refractivity contribution >= 4 is 49.4 Å². The van der Waals surface area contributed by atoms with Crippen LogP contribution in [0.25, 0.3) is 0 Å². The first-order valence-electron chi connectivity index (χ1n) is 5.95. The molecule has 1 aromatic carbocycles. The number of piperidine rings is 1. The zero-order chi connectivity index (χ0) is 13.1. The summed E-state index contributed by atoms with van der Waals surface area (Å²) in [6, 6.07) is 5.80. The van der Waals surface area contributed by atoms with E-state index in [1.807, 2.05) is 23.1 Å². The molecule has 0 aromatic heterocycles. The second-order valence-corrected chi connectivity index (χ2v) is 6.60. The van der Waals surface area contributed by atoms with E-state index in [9.17, 15) is 4.79 Å². The molecule has 1 atom stereocenters. The van der Waals surface area contributed by atoms with Gasteiger partial charge in [-0.3, -0.25) is 4.79 Å². The lowest BCUT2D eigenvalue weighted by molar-refractivity contribution is 0.0639. The number of hydrogen-bond donors (Lipinski definition) is 0. The lowest BCUT2D eigenvalue weighted by Crippen LogP contribution is -2.44. The van der Waals surface area contributed by atoms with Crippen molar-refractivity contribution in [2.75, 3.05) is 12.4 Å². The molecule has 1 aliphatic heterocycles. The second-order valence-electron chi connectivity index (χ2n) is 4.46. The number of likely N-dealkylation sites (tertiary alicyclic amines) is 1. The van der Waals surface area contributed by atoms with Crippen LogP contribution >= 0.6 is 43.5 Å². The average Bonchev–Trinajstić information content (AvgIpc) is 2.36. The summed E-state index contributed by atoms with van der Waals surface area (Å²) in [5, 5.41) is 0. The van der Waals surface area contributed by atoms with Crippen LogP contribution in [-0.4, -0.2) is 29.3 Å². The maximum absolute atomic E-state index is 12.5. The van der Waals surface area contributed by atoms with Gasteiger partial charge in [0, 0.05) is 33.0 Å². The zero-order valence-electron chi connectivity index (χ0n) is 9.83. The van der Waals surface area contributed by atoms with Gasteiger partial charge in [0.15, 0.2) is 0 Å². The summed E-state index contributed by atoms with van der Waals surface area (Å²) in [6.45, 7) is 0.806. The maximum atomic E-state index is 12.5. The summed E-state index contributed by atoms with van der Waals surface area (Å²) in [5.74, 6) is 0.586. The molecular formula is C13H14Br2ClNO. The van der Waals surface area contributed by atoms with Gasteiger partial charge in [-0.15, -0.1) is 11.6 Å². The minimum absolute atomic E-state index is 0.0716. The summed E-state index contributed by atoms with van der Waals surface area (Å²) in [7, 11) is 0. The van der Waals surface area contributed by atoms with Crippen LogP contribution in [0.2, 0.25) is 0 Å². The Morgan fingerprint density at radius 1 is 1.28 bits per heavy atom. The van der Waals surface area contributed by atoms with Crippen molar-refractivity contribution in [3.8, 4) is 0 Å². The van der Waals surface area contributed by atoms with E-state index >= 15 is 0 Å². The molecule has 1 heterocycles. The van der Waals surface area contributed by atoms with Crippen LogP contribution in [0, 0.1) is 0 Å². The summed E-state index contributed by atoms with van der Waals surface area (Å²) >= 11 is 12.8. The van der Waals surface area contributed by atoms with Gasteiger partial charge in [-0.05, 0) is 37.5 Å². The Kier molecular flexibility index (Phi) is 5.10. The molecule has 18 heavy (non-hydrogen) atoms. The van der Waals surface area contributed by atoms with E-state index in [4.69, 9.17) is 11.6 Å². The summed E-state index contributed by atoms with van der Waals surface area (Å²) < 4.78 is 1.80. The largest absolute Gasteiger partial charge is 0.334 e. The van der Waals surface area contributed by atoms with Crippen LogP contribution in [-0.2, 0) is 0 Å². The van der Waals surface area contributed by atoms with Crippen LogP contribution in [0.15, 0.2) is 27.1 Å². The molecular weight excluding hydrogens is 381 g/mol. The predicted octanol–water partition coefficient (Wildman–Crippen LogP) is 4.45. The van der Waals surface area contributed by atoms with E-state index in [0.29, 0.717) is 11.4 Å². The highest BCUT2D eigenvalue weighted by Gasteiger charge is 2.26. The number of carbonyl (C=O) groups excluding carboxylic acids is 1. The van der Waals surface area contributed by atoms with Crippen molar-refractivity contribution in [3.05, 3.63) is 32.7 Å². The van der Waals surface area contributed by atoms with Crippen LogP contribution in [0.5, 0.6) is 0 Å². The zero-order valence-corrected chi connectivity index (χ0v) is 13.8. The number of hydrogen-bond acceptors (Lipinski definition) is 1. The average molecular weight is 396 g/mol. The van der Waals surface area contributed by atoms with Crippen molar-refractivity contribution in [3.63, 3.8) is 0 Å². The van der Waals surface area contributed by atoms with Gasteiger partial charge in [0.25, 0.3) is 5.91 Å². The molecule has 1 unspecified atom stereocenters. The molecule has 1 aliphatic rings. The summed E-state index contributed by atoms with van der Waals surface area (Å²) in [5.41, 5.74) is 0.702. The van der Waals surface area contributed by atoms with Gasteiger partial charge in [0.2, 0.25) is 0 Å². The fourth-order valence-corrected chi connectivity index (χ4v) is 3.89. The highest BCUT2D eigenvalue weighted by Crippen LogP contribution is 2.24. The second kappa shape index (κ2) is 6.40. The van der Waals surface area contributed by atoms with Crippen molar-refractivity contribution in [2.24, 2.45) is 0 Å². The number of rotatable bonds is 2. The minimum atomic E-state index is 0.0716. The molecule has 1 aromatic rings. The summed E-state index contributed by atoms with van der Waals surface area (Å²) in [4.78, 5) is 14.4. The normalized spacial score (nSPS) is 19.9. The monoisotopic (exact) mass is 393 g/mol. The molecule has 0 radical (unpaired) electrons. The van der Waals surface area contributed by atoms with Crippen molar-refractivity contribution in [1.29, 1.82) is 0 Å². The predicted molar refractivity (Wildman–Crippen MR) is 81.2 cm³/mol. The molecule has 0 N–H and O–H groups in total. The number of carbonyl (C=O) groups is 1. The van der Waals surface area contributed by atoms with Gasteiger partial charge in [0.1, 0.15) is 0 Å². The topological polar surface area (TPSA) is 20.3 Å². The van der Waals surface area contributed by atoms with E-state index < -0.39 is 0 Å². The third-order valence-electron chi connectivity index (χ3n) is 3.18. The quantitative estimate of drug-likeness (QED) is 0.678. The van der Waals surface area contributed by atoms with Crippen molar-refractivity contribution < 1.29 is 4.79 Å². The van der Waals surface area contributed by atoms with E-state index in [1.165, 1.54) is 0 Å². The Hall–Kier alpha value is -0.0600. The fraction of sp³-hybridized carbons (Fsp3) is 0.462. The molecule has 2 rings (SSSR count). The molecule has 1 amide bonds. The number of benzene rings is 1. The Morgan fingerprint density at radius 3 is 2.56 bits per heavy atom. The standard InChI is InChI=1S/C13H14Br2ClNO/c14-10-5-9(6-11(15)7-10)13(18)17-4-2-1-3-12(17)8-16/h5-7,12H,1-4,8H2. The van der Waals surface area contributed by atoms with Crippen LogP contribution in [0.1, 0.15) is 29.6 Å². The van der Waals surface area contributed by atoms with E-state index in [1.54, 1.807) is 0 Å². The van der Waals surface area contributed by atoms with E-state index in [2.05, 4.69) is 31.9 Å². The van der Waals surface area contributed by atoms with Gasteiger partial charge in [0.05, 0.1) is 0 Å². The van der Waals surface area contributed by atoms with Crippen molar-refractivity contribution in [2.45, 2.75) is 25.3 Å². The smallest absolute Gasteiger partial charge is 0.254 e. The molecule has 98 valence electrons. The third-order valence-corrected chi connectivity index (χ3v) is 4.45. The Morgan fingerprint density at radius 2 is 1.94 bits per heavy atom. The van der Waals surface area contributed by atoms with Gasteiger partial charge in [-0.2, -0.15) is 0 Å². The first kappa shape index (κ1) is 14.4. The molecule has 0 spiro atoms. The number of amides is 1. The van der Waals surface area contributed by atoms with E-state index in [0.717, 1.165) is 34.8 Å². The van der Waals surface area contributed by atoms with Gasteiger partial charge >= 0.3 is 0 Å². The molecule has 1 fully saturated rings. The molecule has 5 heteroatoms. The first-order valence-corrected chi connectivity index (χ1v) is 8.07. The lowest BCUT2D eigenvalue weighted by Gasteiger charge is -2.34. The number of nitrogens with zero attached hydrogens (tertiary/aromatic N) is 1. The van der Waals surface area contributed by atoms with Crippen LogP contribution in [0.4, 0.5) is 0 Å². The third kappa shape index (κ3) is 3.28. The minimum Gasteiger partial charge on any atom is -0.334 e. The molecule has 0 saturated carbocycles. The van der Waals surface area contributed by atoms with E-state index in [-0.39, 0.29) is 11.9 Å². The Balaban J connectivity index is 2.23. The van der Waals surface area contributed by atoms with Gasteiger partial charge in [-0.1, -0.05) is 31.9 Å². The Bertz CT molecular complexity index is 432. The molecule has 1 saturated heterocycles. The van der Waals surface area contributed by atoms with Crippen LogP contribution < -0.4 is 0 Å². The van der Waals surface area contributed by atoms with Crippen molar-refractivity contribution in [1.82, 2.24) is 4.90 Å². The van der Waals surface area contributed by atoms with Gasteiger partial charge < -0.3 is 4.90 Å².